The molecule has 1 aliphatic carbocycles. The van der Waals surface area contributed by atoms with Crippen molar-refractivity contribution < 1.29 is 0 Å². The molecule has 106 valence electrons. The maximum Gasteiger partial charge on any atom is 0.0437 e. The van der Waals surface area contributed by atoms with Gasteiger partial charge in [0.2, 0.25) is 0 Å². The van der Waals surface area contributed by atoms with E-state index in [-0.39, 0.29) is 5.41 Å². The molecule has 0 aromatic heterocycles. The van der Waals surface area contributed by atoms with E-state index >= 15 is 0 Å². The number of nitrogens with two attached hydrogens (primary N) is 1. The van der Waals surface area contributed by atoms with E-state index in [0.29, 0.717) is 12.1 Å². The van der Waals surface area contributed by atoms with Crippen molar-refractivity contribution in [3.05, 3.63) is 29.8 Å². The topological polar surface area (TPSA) is 29.3 Å². The van der Waals surface area contributed by atoms with Gasteiger partial charge in [-0.1, -0.05) is 45.7 Å². The average molecular weight is 260 g/mol. The van der Waals surface area contributed by atoms with Crippen molar-refractivity contribution in [3.8, 4) is 0 Å². The second kappa shape index (κ2) is 5.54. The van der Waals surface area contributed by atoms with Crippen molar-refractivity contribution in [2.75, 3.05) is 11.9 Å². The monoisotopic (exact) mass is 260 g/mol. The molecule has 0 bridgehead atoms. The molecule has 0 radical (unpaired) electrons. The first-order valence-corrected chi connectivity index (χ1v) is 7.48. The molecular weight excluding hydrogens is 232 g/mol. The van der Waals surface area contributed by atoms with Crippen LogP contribution in [0.4, 0.5) is 5.69 Å². The Morgan fingerprint density at radius 2 is 1.63 bits per heavy atom. The second-order valence-electron chi connectivity index (χ2n) is 6.92. The summed E-state index contributed by atoms with van der Waals surface area (Å²) in [6.07, 6.45) is 4.98. The van der Waals surface area contributed by atoms with E-state index < -0.39 is 0 Å². The molecule has 2 heteroatoms. The quantitative estimate of drug-likeness (QED) is 0.878. The number of hydrogen-bond donors (Lipinski definition) is 1. The highest BCUT2D eigenvalue weighted by Gasteiger charge is 2.25. The minimum Gasteiger partial charge on any atom is -0.370 e. The van der Waals surface area contributed by atoms with Gasteiger partial charge in [-0.3, -0.25) is 0 Å². The molecule has 0 aliphatic heterocycles. The summed E-state index contributed by atoms with van der Waals surface area (Å²) in [6, 6.07) is 9.79. The summed E-state index contributed by atoms with van der Waals surface area (Å²) in [4.78, 5) is 2.37. The highest BCUT2D eigenvalue weighted by atomic mass is 15.2. The van der Waals surface area contributed by atoms with Crippen molar-refractivity contribution in [1.82, 2.24) is 0 Å². The standard InChI is InChI=1S/C17H28N2/c1-17(2,3)13-9-11-14(12-10-13)19(4)16-8-6-5-7-15(16)18/h9-12,15-16H,5-8,18H2,1-4H3. The molecule has 1 saturated carbocycles. The van der Waals surface area contributed by atoms with Crippen LogP contribution in [0.3, 0.4) is 0 Å². The zero-order valence-electron chi connectivity index (χ0n) is 12.8. The van der Waals surface area contributed by atoms with Crippen molar-refractivity contribution >= 4 is 5.69 Å². The molecule has 1 aromatic carbocycles. The van der Waals surface area contributed by atoms with Crippen molar-refractivity contribution in [2.24, 2.45) is 5.73 Å². The summed E-state index contributed by atoms with van der Waals surface area (Å²) in [5.74, 6) is 0. The Morgan fingerprint density at radius 1 is 1.05 bits per heavy atom. The van der Waals surface area contributed by atoms with Gasteiger partial charge in [-0.15, -0.1) is 0 Å². The molecule has 19 heavy (non-hydrogen) atoms. The van der Waals surface area contributed by atoms with Gasteiger partial charge in [0.25, 0.3) is 0 Å². The van der Waals surface area contributed by atoms with Gasteiger partial charge in [0.05, 0.1) is 0 Å². The molecule has 1 fully saturated rings. The van der Waals surface area contributed by atoms with Gasteiger partial charge in [0, 0.05) is 24.8 Å². The predicted octanol–water partition coefficient (Wildman–Crippen LogP) is 3.69. The van der Waals surface area contributed by atoms with Crippen LogP contribution in [0, 0.1) is 0 Å². The zero-order chi connectivity index (χ0) is 14.0. The lowest BCUT2D eigenvalue weighted by Crippen LogP contribution is -2.48. The minimum absolute atomic E-state index is 0.221. The van der Waals surface area contributed by atoms with Crippen molar-refractivity contribution in [1.29, 1.82) is 0 Å². The van der Waals surface area contributed by atoms with E-state index in [1.54, 1.807) is 0 Å². The highest BCUT2D eigenvalue weighted by Crippen LogP contribution is 2.28. The van der Waals surface area contributed by atoms with Gasteiger partial charge in [0.1, 0.15) is 0 Å². The molecule has 1 aliphatic rings. The van der Waals surface area contributed by atoms with Gasteiger partial charge in [-0.2, -0.15) is 0 Å². The van der Waals surface area contributed by atoms with Crippen LogP contribution < -0.4 is 10.6 Å². The van der Waals surface area contributed by atoms with E-state index in [2.05, 4.69) is 57.0 Å². The van der Waals surface area contributed by atoms with E-state index in [1.807, 2.05) is 0 Å². The smallest absolute Gasteiger partial charge is 0.0437 e. The lowest BCUT2D eigenvalue weighted by Gasteiger charge is -2.37. The first-order valence-electron chi connectivity index (χ1n) is 7.48. The van der Waals surface area contributed by atoms with Crippen molar-refractivity contribution in [3.63, 3.8) is 0 Å². The van der Waals surface area contributed by atoms with Crippen LogP contribution in [0.5, 0.6) is 0 Å². The van der Waals surface area contributed by atoms with Gasteiger partial charge in [0.15, 0.2) is 0 Å². The summed E-state index contributed by atoms with van der Waals surface area (Å²) in [6.45, 7) is 6.76. The first-order chi connectivity index (χ1) is 8.89. The Balaban J connectivity index is 2.13. The molecule has 2 nitrogen and oxygen atoms in total. The third-order valence-corrected chi connectivity index (χ3v) is 4.42. The summed E-state index contributed by atoms with van der Waals surface area (Å²) in [5, 5.41) is 0. The van der Waals surface area contributed by atoms with Crippen LogP contribution in [0.2, 0.25) is 0 Å². The maximum absolute atomic E-state index is 6.27. The largest absolute Gasteiger partial charge is 0.370 e. The van der Waals surface area contributed by atoms with E-state index in [4.69, 9.17) is 5.73 Å². The number of anilines is 1. The summed E-state index contributed by atoms with van der Waals surface area (Å²) in [5.41, 5.74) is 9.17. The summed E-state index contributed by atoms with van der Waals surface area (Å²) >= 11 is 0. The highest BCUT2D eigenvalue weighted by molar-refractivity contribution is 5.49. The average Bonchev–Trinajstić information content (AvgIpc) is 2.38. The van der Waals surface area contributed by atoms with Crippen LogP contribution in [-0.4, -0.2) is 19.1 Å². The van der Waals surface area contributed by atoms with Crippen LogP contribution in [-0.2, 0) is 5.41 Å². The Bertz CT molecular complexity index is 402. The van der Waals surface area contributed by atoms with Crippen molar-refractivity contribution in [2.45, 2.75) is 64.0 Å². The lowest BCUT2D eigenvalue weighted by molar-refractivity contribution is 0.373. The van der Waals surface area contributed by atoms with Gasteiger partial charge in [-0.25, -0.2) is 0 Å². The van der Waals surface area contributed by atoms with Gasteiger partial charge < -0.3 is 10.6 Å². The maximum atomic E-state index is 6.27. The number of likely N-dealkylation sites (N-methyl/N-ethyl adjacent to an activating group) is 1. The third kappa shape index (κ3) is 3.30. The minimum atomic E-state index is 0.221. The molecule has 0 amide bonds. The molecule has 2 atom stereocenters. The Morgan fingerprint density at radius 3 is 2.16 bits per heavy atom. The molecule has 0 spiro atoms. The predicted molar refractivity (Wildman–Crippen MR) is 83.8 cm³/mol. The normalized spacial score (nSPS) is 24.3. The third-order valence-electron chi connectivity index (χ3n) is 4.42. The molecule has 2 unspecified atom stereocenters. The van der Waals surface area contributed by atoms with Crippen LogP contribution in [0.25, 0.3) is 0 Å². The van der Waals surface area contributed by atoms with Crippen LogP contribution in [0.15, 0.2) is 24.3 Å². The number of hydrogen-bond acceptors (Lipinski definition) is 2. The number of benzene rings is 1. The second-order valence-corrected chi connectivity index (χ2v) is 6.92. The van der Waals surface area contributed by atoms with Gasteiger partial charge in [-0.05, 0) is 36.0 Å². The molecule has 0 saturated heterocycles. The van der Waals surface area contributed by atoms with E-state index in [9.17, 15) is 0 Å². The Hall–Kier alpha value is -1.02. The van der Waals surface area contributed by atoms with Crippen LogP contribution in [0.1, 0.15) is 52.0 Å². The summed E-state index contributed by atoms with van der Waals surface area (Å²) in [7, 11) is 2.18. The molecular formula is C17H28N2. The Kier molecular flexibility index (Phi) is 4.19. The first kappa shape index (κ1) is 14.4. The molecule has 0 heterocycles. The molecule has 2 N–H and O–H groups in total. The van der Waals surface area contributed by atoms with Gasteiger partial charge >= 0.3 is 0 Å². The fraction of sp³-hybridized carbons (Fsp3) is 0.647. The fourth-order valence-corrected chi connectivity index (χ4v) is 3.01. The fourth-order valence-electron chi connectivity index (χ4n) is 3.01. The number of nitrogens with zero attached hydrogens (tertiary/aromatic N) is 1. The van der Waals surface area contributed by atoms with E-state index in [1.165, 1.54) is 30.5 Å². The Labute approximate surface area is 118 Å². The molecule has 2 rings (SSSR count). The molecule has 1 aromatic rings. The SMILES string of the molecule is CN(c1ccc(C(C)(C)C)cc1)C1CCCCC1N. The number of rotatable bonds is 2. The van der Waals surface area contributed by atoms with Crippen LogP contribution >= 0.6 is 0 Å². The zero-order valence-corrected chi connectivity index (χ0v) is 12.8. The van der Waals surface area contributed by atoms with E-state index in [0.717, 1.165) is 6.42 Å². The summed E-state index contributed by atoms with van der Waals surface area (Å²) < 4.78 is 0. The lowest BCUT2D eigenvalue weighted by atomic mass is 9.86.